The molecule has 2 aromatic rings. The van der Waals surface area contributed by atoms with Gasteiger partial charge in [-0.1, -0.05) is 12.1 Å². The van der Waals surface area contributed by atoms with E-state index in [1.165, 1.54) is 11.0 Å². The first-order valence-corrected chi connectivity index (χ1v) is 9.10. The molecule has 2 heterocycles. The Morgan fingerprint density at radius 2 is 2.12 bits per heavy atom. The summed E-state index contributed by atoms with van der Waals surface area (Å²) in [5.41, 5.74) is 0.239. The number of para-hydroxylation sites is 1. The lowest BCUT2D eigenvalue weighted by molar-refractivity contribution is -0.135. The lowest BCUT2D eigenvalue weighted by Crippen LogP contribution is -2.34. The molecule has 1 atom stereocenters. The molecule has 126 valence electrons. The van der Waals surface area contributed by atoms with Crippen LogP contribution in [0.2, 0.25) is 0 Å². The van der Waals surface area contributed by atoms with Crippen LogP contribution in [0.3, 0.4) is 0 Å². The van der Waals surface area contributed by atoms with Crippen molar-refractivity contribution in [2.24, 2.45) is 5.92 Å². The summed E-state index contributed by atoms with van der Waals surface area (Å²) in [6, 6.07) is 10.0. The van der Waals surface area contributed by atoms with Crippen molar-refractivity contribution in [2.45, 2.75) is 13.0 Å². The van der Waals surface area contributed by atoms with Gasteiger partial charge in [0.05, 0.1) is 21.9 Å². The molecule has 0 bridgehead atoms. The van der Waals surface area contributed by atoms with Crippen LogP contribution in [-0.4, -0.2) is 30.3 Å². The molecule has 1 fully saturated rings. The molecule has 2 amide bonds. The van der Waals surface area contributed by atoms with E-state index in [2.05, 4.69) is 15.9 Å². The number of carbonyl (C=O) groups is 2. The highest BCUT2D eigenvalue weighted by atomic mass is 79.9. The number of thiophene rings is 1. The van der Waals surface area contributed by atoms with Crippen molar-refractivity contribution < 1.29 is 14.0 Å². The van der Waals surface area contributed by atoms with Crippen molar-refractivity contribution in [1.29, 1.82) is 0 Å². The summed E-state index contributed by atoms with van der Waals surface area (Å²) >= 11 is 4.97. The standard InChI is InChI=1S/C17H16BrFN2O2S/c1-20(10-12-6-7-15(18)24-12)17(23)11-8-16(22)21(9-11)14-5-3-2-4-13(14)19/h2-7,11H,8-10H2,1H3. The van der Waals surface area contributed by atoms with E-state index in [0.29, 0.717) is 6.54 Å². The van der Waals surface area contributed by atoms with Gasteiger partial charge in [-0.2, -0.15) is 0 Å². The first kappa shape index (κ1) is 17.1. The van der Waals surface area contributed by atoms with Crippen molar-refractivity contribution in [3.8, 4) is 0 Å². The molecule has 1 aromatic heterocycles. The first-order valence-electron chi connectivity index (χ1n) is 7.50. The summed E-state index contributed by atoms with van der Waals surface area (Å²) in [5.74, 6) is -1.20. The summed E-state index contributed by atoms with van der Waals surface area (Å²) in [6.45, 7) is 0.719. The number of hydrogen-bond acceptors (Lipinski definition) is 3. The Bertz CT molecular complexity index is 779. The Balaban J connectivity index is 1.68. The fraction of sp³-hybridized carbons (Fsp3) is 0.294. The number of benzene rings is 1. The third kappa shape index (κ3) is 3.52. The van der Waals surface area contributed by atoms with E-state index in [9.17, 15) is 14.0 Å². The van der Waals surface area contributed by atoms with Gasteiger partial charge in [-0.25, -0.2) is 4.39 Å². The molecule has 0 radical (unpaired) electrons. The van der Waals surface area contributed by atoms with Gasteiger partial charge in [0.1, 0.15) is 5.82 Å². The molecule has 0 spiro atoms. The third-order valence-electron chi connectivity index (χ3n) is 4.02. The minimum absolute atomic E-state index is 0.0910. The Hall–Kier alpha value is -1.73. The van der Waals surface area contributed by atoms with Gasteiger partial charge in [-0.3, -0.25) is 9.59 Å². The minimum Gasteiger partial charge on any atom is -0.340 e. The van der Waals surface area contributed by atoms with Crippen LogP contribution in [0.1, 0.15) is 11.3 Å². The zero-order chi connectivity index (χ0) is 17.3. The fourth-order valence-electron chi connectivity index (χ4n) is 2.84. The maximum Gasteiger partial charge on any atom is 0.228 e. The number of carbonyl (C=O) groups excluding carboxylic acids is 2. The quantitative estimate of drug-likeness (QED) is 0.771. The van der Waals surface area contributed by atoms with E-state index >= 15 is 0 Å². The van der Waals surface area contributed by atoms with Crippen LogP contribution < -0.4 is 4.90 Å². The Morgan fingerprint density at radius 1 is 1.38 bits per heavy atom. The van der Waals surface area contributed by atoms with Crippen molar-refractivity contribution >= 4 is 44.8 Å². The molecule has 1 aliphatic heterocycles. The van der Waals surface area contributed by atoms with Crippen LogP contribution in [0, 0.1) is 11.7 Å². The second kappa shape index (κ2) is 7.03. The largest absolute Gasteiger partial charge is 0.340 e. The van der Waals surface area contributed by atoms with Gasteiger partial charge in [0, 0.05) is 24.9 Å². The molecule has 7 heteroatoms. The predicted octanol–water partition coefficient (Wildman–Crippen LogP) is 3.66. The Kier molecular flexibility index (Phi) is 5.01. The molecule has 3 rings (SSSR count). The summed E-state index contributed by atoms with van der Waals surface area (Å²) in [7, 11) is 1.73. The van der Waals surface area contributed by atoms with E-state index in [4.69, 9.17) is 0 Å². The minimum atomic E-state index is -0.448. The summed E-state index contributed by atoms with van der Waals surface area (Å²) < 4.78 is 14.9. The normalized spacial score (nSPS) is 17.4. The predicted molar refractivity (Wildman–Crippen MR) is 95.4 cm³/mol. The van der Waals surface area contributed by atoms with E-state index in [1.54, 1.807) is 41.5 Å². The third-order valence-corrected chi connectivity index (χ3v) is 5.62. The zero-order valence-electron chi connectivity index (χ0n) is 13.0. The van der Waals surface area contributed by atoms with Gasteiger partial charge in [0.15, 0.2) is 0 Å². The molecule has 24 heavy (non-hydrogen) atoms. The van der Waals surface area contributed by atoms with Crippen molar-refractivity contribution in [3.63, 3.8) is 0 Å². The average Bonchev–Trinajstić information content (AvgIpc) is 3.13. The van der Waals surface area contributed by atoms with E-state index in [-0.39, 0.29) is 30.5 Å². The summed E-state index contributed by atoms with van der Waals surface area (Å²) in [4.78, 5) is 28.9. The Morgan fingerprint density at radius 3 is 2.79 bits per heavy atom. The molecule has 1 aliphatic rings. The maximum atomic E-state index is 13.9. The molecule has 0 saturated carbocycles. The van der Waals surface area contributed by atoms with Crippen LogP contribution in [0.15, 0.2) is 40.2 Å². The van der Waals surface area contributed by atoms with Crippen LogP contribution in [0.25, 0.3) is 0 Å². The Labute approximate surface area is 152 Å². The molecule has 0 aliphatic carbocycles. The lowest BCUT2D eigenvalue weighted by Gasteiger charge is -2.21. The second-order valence-electron chi connectivity index (χ2n) is 5.76. The molecule has 1 unspecified atom stereocenters. The maximum absolute atomic E-state index is 13.9. The van der Waals surface area contributed by atoms with Crippen LogP contribution in [-0.2, 0) is 16.1 Å². The van der Waals surface area contributed by atoms with Crippen LogP contribution in [0.4, 0.5) is 10.1 Å². The van der Waals surface area contributed by atoms with Gasteiger partial charge < -0.3 is 9.80 Å². The molecular weight excluding hydrogens is 395 g/mol. The number of rotatable bonds is 4. The van der Waals surface area contributed by atoms with Gasteiger partial charge in [0.2, 0.25) is 11.8 Å². The van der Waals surface area contributed by atoms with Gasteiger partial charge in [0.25, 0.3) is 0 Å². The topological polar surface area (TPSA) is 40.6 Å². The van der Waals surface area contributed by atoms with Crippen molar-refractivity contribution in [1.82, 2.24) is 4.90 Å². The van der Waals surface area contributed by atoms with Gasteiger partial charge in [-0.05, 0) is 40.2 Å². The van der Waals surface area contributed by atoms with E-state index < -0.39 is 11.7 Å². The molecular formula is C17H16BrFN2O2S. The molecule has 0 N–H and O–H groups in total. The summed E-state index contributed by atoms with van der Waals surface area (Å²) in [5, 5.41) is 0. The van der Waals surface area contributed by atoms with Crippen molar-refractivity contribution in [3.05, 3.63) is 50.9 Å². The van der Waals surface area contributed by atoms with Crippen molar-refractivity contribution in [2.75, 3.05) is 18.5 Å². The number of halogens is 2. The number of anilines is 1. The number of amides is 2. The first-order chi connectivity index (χ1) is 11.5. The highest BCUT2D eigenvalue weighted by Crippen LogP contribution is 2.29. The van der Waals surface area contributed by atoms with Crippen LogP contribution in [0.5, 0.6) is 0 Å². The SMILES string of the molecule is CN(Cc1ccc(Br)s1)C(=O)C1CC(=O)N(c2ccccc2F)C1. The van der Waals surface area contributed by atoms with Gasteiger partial charge >= 0.3 is 0 Å². The van der Waals surface area contributed by atoms with E-state index in [0.717, 1.165) is 8.66 Å². The highest BCUT2D eigenvalue weighted by molar-refractivity contribution is 9.11. The second-order valence-corrected chi connectivity index (χ2v) is 8.30. The van der Waals surface area contributed by atoms with Gasteiger partial charge in [-0.15, -0.1) is 11.3 Å². The molecule has 1 saturated heterocycles. The monoisotopic (exact) mass is 410 g/mol. The number of nitrogens with zero attached hydrogens (tertiary/aromatic N) is 2. The zero-order valence-corrected chi connectivity index (χ0v) is 15.4. The lowest BCUT2D eigenvalue weighted by atomic mass is 10.1. The summed E-state index contributed by atoms with van der Waals surface area (Å²) in [6.07, 6.45) is 0.117. The van der Waals surface area contributed by atoms with E-state index in [1.807, 2.05) is 12.1 Å². The smallest absolute Gasteiger partial charge is 0.228 e. The highest BCUT2D eigenvalue weighted by Gasteiger charge is 2.37. The fourth-order valence-corrected chi connectivity index (χ4v) is 4.37. The average molecular weight is 411 g/mol. The number of hydrogen-bond donors (Lipinski definition) is 0. The van der Waals surface area contributed by atoms with Crippen LogP contribution >= 0.6 is 27.3 Å². The molecule has 1 aromatic carbocycles. The molecule has 4 nitrogen and oxygen atoms in total.